The molecule has 1 saturated carbocycles. The van der Waals surface area contributed by atoms with Gasteiger partial charge in [0, 0.05) is 6.04 Å². The molecule has 0 bridgehead atoms. The van der Waals surface area contributed by atoms with Crippen molar-refractivity contribution >= 4 is 10.1 Å². The highest BCUT2D eigenvalue weighted by atomic mass is 32.2. The molecule has 0 aliphatic heterocycles. The Balaban J connectivity index is 2.64. The zero-order chi connectivity index (χ0) is 11.7. The predicted molar refractivity (Wildman–Crippen MR) is 60.2 cm³/mol. The van der Waals surface area contributed by atoms with Gasteiger partial charge in [-0.2, -0.15) is 8.42 Å². The molecular formula is C10H21NO3S. The van der Waals surface area contributed by atoms with Crippen LogP contribution in [0.3, 0.4) is 0 Å². The second kappa shape index (κ2) is 4.39. The van der Waals surface area contributed by atoms with Gasteiger partial charge in [-0.3, -0.25) is 9.87 Å². The molecule has 0 radical (unpaired) electrons. The second-order valence-corrected chi connectivity index (χ2v) is 6.85. The number of hydrogen-bond donors (Lipinski definition) is 2. The molecule has 0 saturated heterocycles. The first-order valence-electron chi connectivity index (χ1n) is 5.46. The molecule has 90 valence electrons. The van der Waals surface area contributed by atoms with Crippen molar-refractivity contribution in [3.05, 3.63) is 0 Å². The molecule has 5 heteroatoms. The molecule has 0 aromatic rings. The van der Waals surface area contributed by atoms with Crippen LogP contribution in [0.25, 0.3) is 0 Å². The van der Waals surface area contributed by atoms with Gasteiger partial charge in [0.25, 0.3) is 10.1 Å². The summed E-state index contributed by atoms with van der Waals surface area (Å²) in [6.07, 6.45) is 4.40. The molecule has 4 nitrogen and oxygen atoms in total. The van der Waals surface area contributed by atoms with Crippen LogP contribution in [0.15, 0.2) is 0 Å². The molecule has 0 aromatic heterocycles. The first-order valence-corrected chi connectivity index (χ1v) is 6.96. The van der Waals surface area contributed by atoms with Gasteiger partial charge in [-0.15, -0.1) is 0 Å². The summed E-state index contributed by atoms with van der Waals surface area (Å²) in [6, 6.07) is 0.170. The molecule has 0 amide bonds. The maximum absolute atomic E-state index is 10.9. The molecular weight excluding hydrogens is 214 g/mol. The lowest BCUT2D eigenvalue weighted by molar-refractivity contribution is 0.165. The Bertz CT molecular complexity index is 311. The van der Waals surface area contributed by atoms with E-state index in [1.54, 1.807) is 0 Å². The standard InChI is InChI=1S/C10H21NO3S/c1-8(15(12,13)14)11-9-6-4-5-7-10(9,2)3/h8-9,11H,4-7H2,1-3H3,(H,12,13,14). The van der Waals surface area contributed by atoms with Crippen LogP contribution in [0.4, 0.5) is 0 Å². The second-order valence-electron chi connectivity index (χ2n) is 5.11. The zero-order valence-electron chi connectivity index (χ0n) is 9.66. The minimum Gasteiger partial charge on any atom is -0.296 e. The Kier molecular flexibility index (Phi) is 3.79. The van der Waals surface area contributed by atoms with Crippen molar-refractivity contribution in [1.82, 2.24) is 5.32 Å². The third-order valence-corrected chi connectivity index (χ3v) is 4.42. The summed E-state index contributed by atoms with van der Waals surface area (Å²) in [5.41, 5.74) is 0.108. The van der Waals surface area contributed by atoms with E-state index in [-0.39, 0.29) is 11.5 Å². The summed E-state index contributed by atoms with van der Waals surface area (Å²) in [5, 5.41) is 2.14. The van der Waals surface area contributed by atoms with Gasteiger partial charge in [0.15, 0.2) is 0 Å². The van der Waals surface area contributed by atoms with Crippen LogP contribution in [-0.2, 0) is 10.1 Å². The first-order chi connectivity index (χ1) is 6.73. The fraction of sp³-hybridized carbons (Fsp3) is 1.00. The van der Waals surface area contributed by atoms with Crippen molar-refractivity contribution < 1.29 is 13.0 Å². The number of nitrogens with one attached hydrogen (secondary N) is 1. The molecule has 0 heterocycles. The van der Waals surface area contributed by atoms with Crippen molar-refractivity contribution in [2.75, 3.05) is 0 Å². The lowest BCUT2D eigenvalue weighted by Crippen LogP contribution is -2.49. The molecule has 1 rings (SSSR count). The van der Waals surface area contributed by atoms with Crippen LogP contribution in [0.1, 0.15) is 46.5 Å². The van der Waals surface area contributed by atoms with E-state index in [4.69, 9.17) is 4.55 Å². The van der Waals surface area contributed by atoms with Crippen molar-refractivity contribution in [2.45, 2.75) is 57.9 Å². The van der Waals surface area contributed by atoms with E-state index in [1.807, 2.05) is 0 Å². The van der Waals surface area contributed by atoms with Gasteiger partial charge in [0.05, 0.1) is 0 Å². The summed E-state index contributed by atoms with van der Waals surface area (Å²) < 4.78 is 30.7. The van der Waals surface area contributed by atoms with Crippen molar-refractivity contribution in [3.63, 3.8) is 0 Å². The van der Waals surface area contributed by atoms with Crippen LogP contribution in [0, 0.1) is 5.41 Å². The zero-order valence-corrected chi connectivity index (χ0v) is 10.5. The largest absolute Gasteiger partial charge is 0.296 e. The molecule has 0 aromatic carbocycles. The van der Waals surface area contributed by atoms with Crippen LogP contribution in [-0.4, -0.2) is 24.4 Å². The minimum atomic E-state index is -3.96. The SMILES string of the molecule is CC(NC1CCCCC1(C)C)S(=O)(=O)O. The third-order valence-electron chi connectivity index (χ3n) is 3.39. The Hall–Kier alpha value is -0.130. The van der Waals surface area contributed by atoms with Gasteiger partial charge in [-0.1, -0.05) is 26.7 Å². The molecule has 2 atom stereocenters. The average molecular weight is 235 g/mol. The van der Waals surface area contributed by atoms with Crippen LogP contribution < -0.4 is 5.32 Å². The van der Waals surface area contributed by atoms with Gasteiger partial charge < -0.3 is 0 Å². The summed E-state index contributed by atoms with van der Waals surface area (Å²) in [7, 11) is -3.96. The minimum absolute atomic E-state index is 0.108. The molecule has 2 unspecified atom stereocenters. The highest BCUT2D eigenvalue weighted by Gasteiger charge is 2.34. The molecule has 0 spiro atoms. The van der Waals surface area contributed by atoms with Gasteiger partial charge in [-0.05, 0) is 25.2 Å². The normalized spacial score (nSPS) is 28.7. The Labute approximate surface area is 92.2 Å². The summed E-state index contributed by atoms with van der Waals surface area (Å²) in [6.45, 7) is 5.76. The van der Waals surface area contributed by atoms with Gasteiger partial charge in [0.1, 0.15) is 5.37 Å². The Morgan fingerprint density at radius 3 is 2.47 bits per heavy atom. The van der Waals surface area contributed by atoms with Crippen molar-refractivity contribution in [2.24, 2.45) is 5.41 Å². The highest BCUT2D eigenvalue weighted by molar-refractivity contribution is 7.86. The number of hydrogen-bond acceptors (Lipinski definition) is 3. The van der Waals surface area contributed by atoms with E-state index in [1.165, 1.54) is 13.3 Å². The quantitative estimate of drug-likeness (QED) is 0.732. The maximum atomic E-state index is 10.9. The summed E-state index contributed by atoms with van der Waals surface area (Å²) in [5.74, 6) is 0. The summed E-state index contributed by atoms with van der Waals surface area (Å²) in [4.78, 5) is 0. The van der Waals surface area contributed by atoms with E-state index in [9.17, 15) is 8.42 Å². The van der Waals surface area contributed by atoms with E-state index in [0.717, 1.165) is 19.3 Å². The summed E-state index contributed by atoms with van der Waals surface area (Å²) >= 11 is 0. The van der Waals surface area contributed by atoms with Gasteiger partial charge in [-0.25, -0.2) is 0 Å². The maximum Gasteiger partial charge on any atom is 0.280 e. The van der Waals surface area contributed by atoms with Crippen molar-refractivity contribution in [3.8, 4) is 0 Å². The van der Waals surface area contributed by atoms with Crippen LogP contribution >= 0.6 is 0 Å². The monoisotopic (exact) mass is 235 g/mol. The third kappa shape index (κ3) is 3.43. The van der Waals surface area contributed by atoms with Crippen molar-refractivity contribution in [1.29, 1.82) is 0 Å². The Morgan fingerprint density at radius 1 is 1.40 bits per heavy atom. The van der Waals surface area contributed by atoms with E-state index in [2.05, 4.69) is 19.2 Å². The molecule has 2 N–H and O–H groups in total. The first kappa shape index (κ1) is 12.9. The molecule has 15 heavy (non-hydrogen) atoms. The fourth-order valence-electron chi connectivity index (χ4n) is 2.17. The Morgan fingerprint density at radius 2 is 2.00 bits per heavy atom. The van der Waals surface area contributed by atoms with Gasteiger partial charge >= 0.3 is 0 Å². The fourth-order valence-corrected chi connectivity index (χ4v) is 2.51. The predicted octanol–water partition coefficient (Wildman–Crippen LogP) is 1.78. The van der Waals surface area contributed by atoms with Gasteiger partial charge in [0.2, 0.25) is 0 Å². The molecule has 1 fully saturated rings. The van der Waals surface area contributed by atoms with E-state index >= 15 is 0 Å². The molecule has 1 aliphatic rings. The van der Waals surface area contributed by atoms with E-state index in [0.29, 0.717) is 0 Å². The van der Waals surface area contributed by atoms with Crippen LogP contribution in [0.5, 0.6) is 0 Å². The smallest absolute Gasteiger partial charge is 0.280 e. The average Bonchev–Trinajstić information content (AvgIpc) is 2.06. The van der Waals surface area contributed by atoms with E-state index < -0.39 is 15.5 Å². The number of rotatable bonds is 3. The lowest BCUT2D eigenvalue weighted by Gasteiger charge is -2.40. The highest BCUT2D eigenvalue weighted by Crippen LogP contribution is 2.35. The molecule has 1 aliphatic carbocycles. The topological polar surface area (TPSA) is 66.4 Å². The van der Waals surface area contributed by atoms with Crippen LogP contribution in [0.2, 0.25) is 0 Å². The lowest BCUT2D eigenvalue weighted by atomic mass is 9.73.